The molecular formula is C22H26F3N5O2. The number of nitrogens with zero attached hydrogens (tertiary/aromatic N) is 5. The molecule has 2 atom stereocenters. The van der Waals surface area contributed by atoms with E-state index in [0.29, 0.717) is 38.2 Å². The van der Waals surface area contributed by atoms with Crippen LogP contribution in [-0.2, 0) is 17.5 Å². The number of fused-ring (bicyclic) bond motifs is 1. The Hall–Kier alpha value is -2.91. The highest BCUT2D eigenvalue weighted by molar-refractivity contribution is 5.82. The minimum absolute atomic E-state index is 0.0470. The smallest absolute Gasteiger partial charge is 0.342 e. The van der Waals surface area contributed by atoms with Crippen LogP contribution in [-0.4, -0.2) is 43.8 Å². The fraction of sp³-hybridized carbons (Fsp3) is 0.545. The van der Waals surface area contributed by atoms with Crippen LogP contribution in [0, 0.1) is 5.92 Å². The molecule has 7 nitrogen and oxygen atoms in total. The van der Waals surface area contributed by atoms with E-state index in [1.165, 1.54) is 0 Å². The lowest BCUT2D eigenvalue weighted by Gasteiger charge is -2.33. The molecule has 3 aromatic heterocycles. The van der Waals surface area contributed by atoms with E-state index in [4.69, 9.17) is 4.52 Å². The maximum atomic E-state index is 13.9. The molecule has 0 aliphatic carbocycles. The van der Waals surface area contributed by atoms with E-state index in [-0.39, 0.29) is 40.5 Å². The predicted molar refractivity (Wildman–Crippen MR) is 111 cm³/mol. The number of carbonyl (C=O) groups excluding carboxylic acids is 1. The van der Waals surface area contributed by atoms with Gasteiger partial charge in [-0.15, -0.1) is 0 Å². The molecule has 0 unspecified atom stereocenters. The van der Waals surface area contributed by atoms with Gasteiger partial charge in [0.2, 0.25) is 5.91 Å². The van der Waals surface area contributed by atoms with Gasteiger partial charge in [0, 0.05) is 37.1 Å². The summed E-state index contributed by atoms with van der Waals surface area (Å²) in [6.07, 6.45) is 0.191. The molecule has 1 aliphatic heterocycles. The van der Waals surface area contributed by atoms with Gasteiger partial charge >= 0.3 is 6.18 Å². The molecule has 0 bridgehead atoms. The lowest BCUT2D eigenvalue weighted by atomic mass is 9.90. The molecule has 0 saturated carbocycles. The van der Waals surface area contributed by atoms with Crippen LogP contribution in [0.5, 0.6) is 0 Å². The van der Waals surface area contributed by atoms with Crippen molar-refractivity contribution in [3.63, 3.8) is 0 Å². The van der Waals surface area contributed by atoms with Crippen molar-refractivity contribution in [1.82, 2.24) is 24.8 Å². The molecule has 1 fully saturated rings. The Morgan fingerprint density at radius 2 is 2.09 bits per heavy atom. The molecule has 0 N–H and O–H groups in total. The second-order valence-corrected chi connectivity index (χ2v) is 8.75. The minimum atomic E-state index is -4.56. The first-order valence-electron chi connectivity index (χ1n) is 10.8. The Kier molecular flexibility index (Phi) is 5.96. The standard InChI is InChI=1S/C22H26F3N5O2/c1-13(2)17-10-16(22(23,24)25)18-19(28-32-20(18)27-17)15-6-4-8-29(12-15)21(31)14(3)11-30-9-5-7-26-30/h5,7,9-10,13-15H,4,6,8,11-12H2,1-3H3/t14-,15+/m1/s1. The van der Waals surface area contributed by atoms with Crippen LogP contribution >= 0.6 is 0 Å². The fourth-order valence-corrected chi connectivity index (χ4v) is 4.27. The SMILES string of the molecule is CC(C)c1cc(C(F)(F)F)c2c([C@H]3CCCN(C(=O)[C@H](C)Cn4cccn4)C3)noc2n1. The van der Waals surface area contributed by atoms with Gasteiger partial charge in [-0.1, -0.05) is 25.9 Å². The summed E-state index contributed by atoms with van der Waals surface area (Å²) >= 11 is 0. The number of alkyl halides is 3. The average molecular weight is 449 g/mol. The Balaban J connectivity index is 1.62. The third-order valence-corrected chi connectivity index (χ3v) is 5.95. The van der Waals surface area contributed by atoms with Crippen LogP contribution in [0.3, 0.4) is 0 Å². The van der Waals surface area contributed by atoms with Crippen LogP contribution in [0.15, 0.2) is 29.0 Å². The van der Waals surface area contributed by atoms with Crippen LogP contribution < -0.4 is 0 Å². The summed E-state index contributed by atoms with van der Waals surface area (Å²) in [6, 6.07) is 2.88. The Morgan fingerprint density at radius 1 is 1.31 bits per heavy atom. The third-order valence-electron chi connectivity index (χ3n) is 5.95. The molecule has 1 saturated heterocycles. The summed E-state index contributed by atoms with van der Waals surface area (Å²) in [6.45, 7) is 6.70. The summed E-state index contributed by atoms with van der Waals surface area (Å²) < 4.78 is 48.7. The van der Waals surface area contributed by atoms with E-state index in [1.54, 1.807) is 41.9 Å². The third kappa shape index (κ3) is 4.35. The summed E-state index contributed by atoms with van der Waals surface area (Å²) in [7, 11) is 0. The Morgan fingerprint density at radius 3 is 2.75 bits per heavy atom. The number of pyridine rings is 1. The molecule has 1 aliphatic rings. The highest BCUT2D eigenvalue weighted by Crippen LogP contribution is 2.40. The van der Waals surface area contributed by atoms with Crippen molar-refractivity contribution < 1.29 is 22.5 Å². The van der Waals surface area contributed by atoms with Crippen molar-refractivity contribution >= 4 is 17.0 Å². The number of hydrogen-bond donors (Lipinski definition) is 0. The highest BCUT2D eigenvalue weighted by Gasteiger charge is 2.38. The number of amides is 1. The Bertz CT molecular complexity index is 1090. The lowest BCUT2D eigenvalue weighted by molar-refractivity contribution is -0.137. The number of carbonyl (C=O) groups is 1. The van der Waals surface area contributed by atoms with E-state index in [2.05, 4.69) is 15.2 Å². The molecule has 3 aromatic rings. The number of likely N-dealkylation sites (tertiary alicyclic amines) is 1. The maximum Gasteiger partial charge on any atom is 0.417 e. The first kappa shape index (κ1) is 22.3. The van der Waals surface area contributed by atoms with Crippen molar-refractivity contribution in [3.05, 3.63) is 41.5 Å². The van der Waals surface area contributed by atoms with Gasteiger partial charge in [-0.05, 0) is 30.9 Å². The minimum Gasteiger partial charge on any atom is -0.342 e. The number of aromatic nitrogens is 4. The topological polar surface area (TPSA) is 77.0 Å². The molecule has 4 rings (SSSR count). The normalized spacial score (nSPS) is 18.5. The first-order valence-corrected chi connectivity index (χ1v) is 10.8. The van der Waals surface area contributed by atoms with Gasteiger partial charge in [0.15, 0.2) is 0 Å². The zero-order valence-electron chi connectivity index (χ0n) is 18.3. The number of piperidine rings is 1. The largest absolute Gasteiger partial charge is 0.417 e. The van der Waals surface area contributed by atoms with Gasteiger partial charge in [-0.2, -0.15) is 18.3 Å². The second-order valence-electron chi connectivity index (χ2n) is 8.75. The van der Waals surface area contributed by atoms with Gasteiger partial charge in [0.25, 0.3) is 5.71 Å². The summed E-state index contributed by atoms with van der Waals surface area (Å²) in [5.41, 5.74) is -0.347. The fourth-order valence-electron chi connectivity index (χ4n) is 4.27. The lowest BCUT2D eigenvalue weighted by Crippen LogP contribution is -2.42. The van der Waals surface area contributed by atoms with E-state index in [9.17, 15) is 18.0 Å². The van der Waals surface area contributed by atoms with E-state index >= 15 is 0 Å². The van der Waals surface area contributed by atoms with Gasteiger partial charge in [-0.25, -0.2) is 4.98 Å². The van der Waals surface area contributed by atoms with Crippen LogP contribution in [0.2, 0.25) is 0 Å². The molecule has 0 spiro atoms. The quantitative estimate of drug-likeness (QED) is 0.569. The summed E-state index contributed by atoms with van der Waals surface area (Å²) in [4.78, 5) is 19.0. The monoisotopic (exact) mass is 449 g/mol. The van der Waals surface area contributed by atoms with Crippen LogP contribution in [0.25, 0.3) is 11.1 Å². The molecule has 1 amide bonds. The summed E-state index contributed by atoms with van der Waals surface area (Å²) in [5, 5.41) is 8.05. The molecule has 32 heavy (non-hydrogen) atoms. The molecule has 10 heteroatoms. The van der Waals surface area contributed by atoms with Crippen molar-refractivity contribution in [2.45, 2.75) is 58.2 Å². The number of halogens is 3. The zero-order chi connectivity index (χ0) is 23.0. The van der Waals surface area contributed by atoms with Crippen molar-refractivity contribution in [2.24, 2.45) is 5.92 Å². The van der Waals surface area contributed by atoms with Crippen molar-refractivity contribution in [3.8, 4) is 0 Å². The molecule has 0 aromatic carbocycles. The van der Waals surface area contributed by atoms with E-state index < -0.39 is 11.7 Å². The first-order chi connectivity index (χ1) is 15.1. The van der Waals surface area contributed by atoms with Crippen LogP contribution in [0.4, 0.5) is 13.2 Å². The van der Waals surface area contributed by atoms with Crippen molar-refractivity contribution in [1.29, 1.82) is 0 Å². The van der Waals surface area contributed by atoms with Gasteiger partial charge < -0.3 is 9.42 Å². The number of rotatable bonds is 5. The predicted octanol–water partition coefficient (Wildman–Crippen LogP) is 4.60. The maximum absolute atomic E-state index is 13.9. The number of hydrogen-bond acceptors (Lipinski definition) is 5. The van der Waals surface area contributed by atoms with Gasteiger partial charge in [-0.3, -0.25) is 9.48 Å². The second kappa shape index (κ2) is 8.55. The zero-order valence-corrected chi connectivity index (χ0v) is 18.3. The highest BCUT2D eigenvalue weighted by atomic mass is 19.4. The van der Waals surface area contributed by atoms with Gasteiger partial charge in [0.05, 0.1) is 29.1 Å². The molecule has 4 heterocycles. The molecule has 0 radical (unpaired) electrons. The van der Waals surface area contributed by atoms with E-state index in [1.807, 2.05) is 6.92 Å². The Labute approximate surface area is 183 Å². The average Bonchev–Trinajstić information content (AvgIpc) is 3.41. The van der Waals surface area contributed by atoms with E-state index in [0.717, 1.165) is 6.07 Å². The summed E-state index contributed by atoms with van der Waals surface area (Å²) in [5.74, 6) is -0.884. The van der Waals surface area contributed by atoms with Gasteiger partial charge in [0.1, 0.15) is 0 Å². The van der Waals surface area contributed by atoms with Crippen molar-refractivity contribution in [2.75, 3.05) is 13.1 Å². The van der Waals surface area contributed by atoms with Crippen LogP contribution in [0.1, 0.15) is 62.4 Å². The molecular weight excluding hydrogens is 423 g/mol. The molecule has 172 valence electrons.